The highest BCUT2D eigenvalue weighted by atomic mass is 16.5. The van der Waals surface area contributed by atoms with Crippen molar-refractivity contribution in [1.82, 2.24) is 14.8 Å². The Kier molecular flexibility index (Phi) is 6.59. The van der Waals surface area contributed by atoms with Crippen molar-refractivity contribution in [2.75, 3.05) is 50.7 Å². The maximum atomic E-state index is 9.47. The highest BCUT2D eigenvalue weighted by Crippen LogP contribution is 2.30. The highest BCUT2D eigenvalue weighted by molar-refractivity contribution is 5.95. The summed E-state index contributed by atoms with van der Waals surface area (Å²) in [4.78, 5) is 12.3. The van der Waals surface area contributed by atoms with Crippen LogP contribution in [-0.4, -0.2) is 78.8 Å². The van der Waals surface area contributed by atoms with Gasteiger partial charge in [-0.25, -0.2) is 0 Å². The van der Waals surface area contributed by atoms with E-state index in [1.807, 2.05) is 12.1 Å². The third-order valence-corrected chi connectivity index (χ3v) is 7.46. The molecule has 1 unspecified atom stereocenters. The zero-order valence-electron chi connectivity index (χ0n) is 19.2. The van der Waals surface area contributed by atoms with Gasteiger partial charge in [0.1, 0.15) is 6.07 Å². The maximum absolute atomic E-state index is 9.47. The number of hydrogen-bond donors (Lipinski definition) is 0. The molecule has 0 aliphatic carbocycles. The lowest BCUT2D eigenvalue weighted by atomic mass is 9.99. The predicted octanol–water partition coefficient (Wildman–Crippen LogP) is 3.65. The van der Waals surface area contributed by atoms with E-state index in [-0.39, 0.29) is 12.2 Å². The summed E-state index contributed by atoms with van der Waals surface area (Å²) in [6.07, 6.45) is 8.90. The highest BCUT2D eigenvalue weighted by Gasteiger charge is 2.31. The van der Waals surface area contributed by atoms with Crippen molar-refractivity contribution in [2.45, 2.75) is 57.3 Å². The lowest BCUT2D eigenvalue weighted by Crippen LogP contribution is -2.53. The normalized spacial score (nSPS) is 26.3. The molecule has 3 saturated heterocycles. The van der Waals surface area contributed by atoms with Gasteiger partial charge in [-0.2, -0.15) is 5.26 Å². The molecular weight excluding hydrogens is 398 g/mol. The van der Waals surface area contributed by atoms with Crippen LogP contribution < -0.4 is 4.90 Å². The number of benzene rings is 1. The lowest BCUT2D eigenvalue weighted by molar-refractivity contribution is -0.0380. The smallest absolute Gasteiger partial charge is 0.101 e. The van der Waals surface area contributed by atoms with Crippen molar-refractivity contribution < 1.29 is 4.74 Å². The van der Waals surface area contributed by atoms with Gasteiger partial charge in [-0.1, -0.05) is 6.42 Å². The quantitative estimate of drug-likeness (QED) is 0.734. The number of ether oxygens (including phenoxy) is 1. The summed E-state index contributed by atoms with van der Waals surface area (Å²) >= 11 is 0. The molecule has 5 rings (SSSR count). The Morgan fingerprint density at radius 1 is 1.06 bits per heavy atom. The molecule has 1 aromatic heterocycles. The number of fused-ring (bicyclic) bond motifs is 1. The second-order valence-corrected chi connectivity index (χ2v) is 9.75. The number of likely N-dealkylation sites (tertiary alicyclic amines) is 2. The van der Waals surface area contributed by atoms with E-state index in [1.165, 1.54) is 58.3 Å². The summed E-state index contributed by atoms with van der Waals surface area (Å²) in [5.74, 6) is 0. The minimum Gasteiger partial charge on any atom is -0.370 e. The van der Waals surface area contributed by atoms with Crippen LogP contribution in [0.3, 0.4) is 0 Å². The van der Waals surface area contributed by atoms with Crippen LogP contribution in [0.15, 0.2) is 30.5 Å². The van der Waals surface area contributed by atoms with E-state index in [9.17, 15) is 5.26 Å². The van der Waals surface area contributed by atoms with Gasteiger partial charge in [0.2, 0.25) is 0 Å². The zero-order valence-corrected chi connectivity index (χ0v) is 19.2. The van der Waals surface area contributed by atoms with Crippen LogP contribution in [0.1, 0.15) is 44.6 Å². The molecule has 6 nitrogen and oxygen atoms in total. The molecular formula is C26H35N5O. The number of nitrogens with zero attached hydrogens (tertiary/aromatic N) is 5. The molecule has 3 fully saturated rings. The number of hydrogen-bond acceptors (Lipinski definition) is 6. The molecule has 3 aliphatic rings. The third kappa shape index (κ3) is 4.61. The second kappa shape index (κ2) is 9.74. The number of pyridine rings is 1. The second-order valence-electron chi connectivity index (χ2n) is 9.75. The van der Waals surface area contributed by atoms with Crippen LogP contribution in [0.5, 0.6) is 0 Å². The first-order valence-electron chi connectivity index (χ1n) is 12.4. The fourth-order valence-corrected chi connectivity index (χ4v) is 5.90. The van der Waals surface area contributed by atoms with Crippen molar-refractivity contribution in [3.63, 3.8) is 0 Å². The van der Waals surface area contributed by atoms with E-state index in [4.69, 9.17) is 4.74 Å². The van der Waals surface area contributed by atoms with Crippen LogP contribution in [0.25, 0.3) is 10.9 Å². The van der Waals surface area contributed by atoms with Gasteiger partial charge in [-0.05, 0) is 83.1 Å². The molecule has 0 radical (unpaired) electrons. The van der Waals surface area contributed by atoms with Gasteiger partial charge in [-0.3, -0.25) is 4.98 Å². The van der Waals surface area contributed by atoms with Gasteiger partial charge < -0.3 is 19.4 Å². The van der Waals surface area contributed by atoms with E-state index in [0.717, 1.165) is 42.3 Å². The van der Waals surface area contributed by atoms with Crippen molar-refractivity contribution >= 4 is 16.6 Å². The Morgan fingerprint density at radius 3 is 2.66 bits per heavy atom. The maximum Gasteiger partial charge on any atom is 0.101 e. The van der Waals surface area contributed by atoms with Crippen molar-refractivity contribution in [3.05, 3.63) is 36.0 Å². The Morgan fingerprint density at radius 2 is 1.88 bits per heavy atom. The molecule has 0 saturated carbocycles. The summed E-state index contributed by atoms with van der Waals surface area (Å²) < 4.78 is 6.38. The Labute approximate surface area is 191 Å². The van der Waals surface area contributed by atoms with Crippen molar-refractivity contribution in [2.24, 2.45) is 0 Å². The van der Waals surface area contributed by atoms with Gasteiger partial charge in [0.25, 0.3) is 0 Å². The molecule has 2 aromatic rings. The molecule has 4 heterocycles. The van der Waals surface area contributed by atoms with Gasteiger partial charge in [0, 0.05) is 42.9 Å². The van der Waals surface area contributed by atoms with E-state index < -0.39 is 0 Å². The average molecular weight is 434 g/mol. The lowest BCUT2D eigenvalue weighted by Gasteiger charge is -2.43. The first-order valence-corrected chi connectivity index (χ1v) is 12.4. The summed E-state index contributed by atoms with van der Waals surface area (Å²) in [7, 11) is 0. The van der Waals surface area contributed by atoms with Gasteiger partial charge in [0.15, 0.2) is 0 Å². The molecule has 0 bridgehead atoms. The van der Waals surface area contributed by atoms with E-state index in [1.54, 1.807) is 6.20 Å². The molecule has 6 heteroatoms. The van der Waals surface area contributed by atoms with Gasteiger partial charge >= 0.3 is 0 Å². The first kappa shape index (κ1) is 21.6. The third-order valence-electron chi connectivity index (χ3n) is 7.46. The molecule has 170 valence electrons. The number of rotatable bonds is 4. The van der Waals surface area contributed by atoms with Crippen LogP contribution in [0, 0.1) is 11.3 Å². The van der Waals surface area contributed by atoms with E-state index in [2.05, 4.69) is 44.8 Å². The predicted molar refractivity (Wildman–Crippen MR) is 128 cm³/mol. The minimum atomic E-state index is 0.182. The number of morpholine rings is 1. The monoisotopic (exact) mass is 433 g/mol. The molecule has 3 aliphatic heterocycles. The first-order chi connectivity index (χ1) is 15.7. The van der Waals surface area contributed by atoms with Gasteiger partial charge in [0.05, 0.1) is 23.3 Å². The molecule has 0 N–H and O–H groups in total. The summed E-state index contributed by atoms with van der Waals surface area (Å²) in [6.45, 7) is 9.88. The molecule has 2 atom stereocenters. The fraction of sp³-hybridized carbons (Fsp3) is 0.615. The summed E-state index contributed by atoms with van der Waals surface area (Å²) in [6, 6.07) is 11.1. The SMILES string of the molecule is C[C@@H]1CN(c2ccc(C#N)c3ncccc23)CC(CN2CCC(N3CCCCC3)CC2)O1. The standard InChI is InChI=1S/C26H35N5O/c1-20-17-31(25-8-7-21(16-27)26-24(25)6-5-11-28-26)19-23(32-20)18-29-14-9-22(10-15-29)30-12-3-2-4-13-30/h5-8,11,20,22-23H,2-4,9-10,12-15,17-19H2,1H3/t20-,23?/m1/s1. The number of aromatic nitrogens is 1. The Hall–Kier alpha value is -2.20. The summed E-state index contributed by atoms with van der Waals surface area (Å²) in [5.41, 5.74) is 2.60. The molecule has 0 spiro atoms. The number of anilines is 1. The van der Waals surface area contributed by atoms with E-state index >= 15 is 0 Å². The van der Waals surface area contributed by atoms with Crippen molar-refractivity contribution in [1.29, 1.82) is 5.26 Å². The van der Waals surface area contributed by atoms with Gasteiger partial charge in [-0.15, -0.1) is 0 Å². The van der Waals surface area contributed by atoms with Crippen LogP contribution in [0.4, 0.5) is 5.69 Å². The van der Waals surface area contributed by atoms with Crippen LogP contribution >= 0.6 is 0 Å². The topological polar surface area (TPSA) is 55.6 Å². The number of piperidine rings is 2. The number of nitriles is 1. The largest absolute Gasteiger partial charge is 0.370 e. The minimum absolute atomic E-state index is 0.182. The van der Waals surface area contributed by atoms with Crippen LogP contribution in [-0.2, 0) is 4.74 Å². The molecule has 32 heavy (non-hydrogen) atoms. The van der Waals surface area contributed by atoms with E-state index in [0.29, 0.717) is 5.56 Å². The Balaban J connectivity index is 1.24. The van der Waals surface area contributed by atoms with Crippen molar-refractivity contribution in [3.8, 4) is 6.07 Å². The molecule has 0 amide bonds. The van der Waals surface area contributed by atoms with Crippen LogP contribution in [0.2, 0.25) is 0 Å². The summed E-state index contributed by atoms with van der Waals surface area (Å²) in [5, 5.41) is 10.5. The molecule has 1 aromatic carbocycles. The average Bonchev–Trinajstić information content (AvgIpc) is 2.84. The fourth-order valence-electron chi connectivity index (χ4n) is 5.90. The zero-order chi connectivity index (χ0) is 21.9. The Bertz CT molecular complexity index is 958.